The van der Waals surface area contributed by atoms with Crippen LogP contribution in [0.4, 0.5) is 0 Å². The molecule has 0 radical (unpaired) electrons. The predicted molar refractivity (Wildman–Crippen MR) is 112 cm³/mol. The van der Waals surface area contributed by atoms with Crippen molar-refractivity contribution in [2.75, 3.05) is 19.3 Å². The van der Waals surface area contributed by atoms with Crippen molar-refractivity contribution >= 4 is 28.4 Å². The smallest absolute Gasteiger partial charge is 0.168 e. The van der Waals surface area contributed by atoms with Gasteiger partial charge < -0.3 is 0 Å². The zero-order valence-electron chi connectivity index (χ0n) is 15.6. The van der Waals surface area contributed by atoms with Crippen LogP contribution >= 0.6 is 11.8 Å². The molecule has 4 rings (SSSR count). The van der Waals surface area contributed by atoms with Crippen molar-refractivity contribution in [2.45, 2.75) is 24.3 Å². The maximum atomic E-state index is 13.1. The highest BCUT2D eigenvalue weighted by atomic mass is 32.2. The molecule has 1 unspecified atom stereocenters. The number of rotatable bonds is 5. The van der Waals surface area contributed by atoms with Crippen LogP contribution in [-0.2, 0) is 6.54 Å². The molecule has 0 saturated carbocycles. The number of Topliss-reactive ketones (excluding diaryl/α,β-unsaturated/α-hetero) is 1. The molecule has 1 saturated heterocycles. The van der Waals surface area contributed by atoms with E-state index in [0.717, 1.165) is 48.5 Å². The van der Waals surface area contributed by atoms with E-state index in [-0.39, 0.29) is 5.92 Å². The Labute approximate surface area is 164 Å². The minimum atomic E-state index is 0.0787. The molecule has 4 heteroatoms. The Morgan fingerprint density at radius 2 is 2.00 bits per heavy atom. The van der Waals surface area contributed by atoms with E-state index in [0.29, 0.717) is 5.78 Å². The third kappa shape index (κ3) is 3.92. The highest BCUT2D eigenvalue weighted by molar-refractivity contribution is 7.98. The van der Waals surface area contributed by atoms with Gasteiger partial charge in [0, 0.05) is 41.0 Å². The van der Waals surface area contributed by atoms with Gasteiger partial charge in [-0.15, -0.1) is 11.8 Å². The van der Waals surface area contributed by atoms with E-state index in [4.69, 9.17) is 0 Å². The molecule has 1 fully saturated rings. The van der Waals surface area contributed by atoms with E-state index in [1.807, 2.05) is 42.8 Å². The molecule has 3 nitrogen and oxygen atoms in total. The van der Waals surface area contributed by atoms with Crippen LogP contribution in [0.15, 0.2) is 65.7 Å². The Balaban J connectivity index is 1.52. The van der Waals surface area contributed by atoms with E-state index in [2.05, 4.69) is 34.1 Å². The lowest BCUT2D eigenvalue weighted by Gasteiger charge is -2.32. The number of fused-ring (bicyclic) bond motifs is 1. The van der Waals surface area contributed by atoms with Gasteiger partial charge in [-0.1, -0.05) is 42.5 Å². The van der Waals surface area contributed by atoms with Crippen LogP contribution in [0.2, 0.25) is 0 Å². The summed E-state index contributed by atoms with van der Waals surface area (Å²) < 4.78 is 0. The lowest BCUT2D eigenvalue weighted by molar-refractivity contribution is 0.0809. The van der Waals surface area contributed by atoms with Gasteiger partial charge in [0.15, 0.2) is 5.78 Å². The fourth-order valence-electron chi connectivity index (χ4n) is 4.02. The highest BCUT2D eigenvalue weighted by Gasteiger charge is 2.28. The lowest BCUT2D eigenvalue weighted by Crippen LogP contribution is -2.38. The van der Waals surface area contributed by atoms with E-state index in [9.17, 15) is 4.79 Å². The van der Waals surface area contributed by atoms with Gasteiger partial charge >= 0.3 is 0 Å². The van der Waals surface area contributed by atoms with Crippen LogP contribution in [0, 0.1) is 5.92 Å². The third-order valence-corrected chi connectivity index (χ3v) is 6.15. The molecule has 138 valence electrons. The average Bonchev–Trinajstić information content (AvgIpc) is 2.73. The SMILES string of the molecule is CSc1ccccc1C(=O)C1CCCN(Cc2cccc3cccnc23)C1. The number of benzene rings is 2. The van der Waals surface area contributed by atoms with E-state index >= 15 is 0 Å². The molecule has 27 heavy (non-hydrogen) atoms. The quantitative estimate of drug-likeness (QED) is 0.461. The maximum absolute atomic E-state index is 13.1. The van der Waals surface area contributed by atoms with Gasteiger partial charge in [0.2, 0.25) is 0 Å². The Morgan fingerprint density at radius 1 is 1.15 bits per heavy atom. The number of carbonyl (C=O) groups excluding carboxylic acids is 1. The Kier molecular flexibility index (Phi) is 5.55. The Bertz CT molecular complexity index is 951. The second-order valence-electron chi connectivity index (χ2n) is 7.13. The number of piperidine rings is 1. The van der Waals surface area contributed by atoms with Gasteiger partial charge in [0.05, 0.1) is 5.52 Å². The summed E-state index contributed by atoms with van der Waals surface area (Å²) in [5.74, 6) is 0.371. The van der Waals surface area contributed by atoms with Crippen LogP contribution in [0.3, 0.4) is 0 Å². The molecule has 0 bridgehead atoms. The minimum absolute atomic E-state index is 0.0787. The molecule has 3 aromatic rings. The molecule has 1 aromatic heterocycles. The van der Waals surface area contributed by atoms with E-state index in [1.165, 1.54) is 10.9 Å². The van der Waals surface area contributed by atoms with Gasteiger partial charge in [-0.05, 0) is 43.3 Å². The van der Waals surface area contributed by atoms with Crippen molar-refractivity contribution in [3.8, 4) is 0 Å². The zero-order valence-corrected chi connectivity index (χ0v) is 16.4. The number of ketones is 1. The molecule has 0 spiro atoms. The fraction of sp³-hybridized carbons (Fsp3) is 0.304. The molecule has 1 atom stereocenters. The number of aromatic nitrogens is 1. The number of pyridine rings is 1. The van der Waals surface area contributed by atoms with Crippen molar-refractivity contribution in [2.24, 2.45) is 5.92 Å². The number of hydrogen-bond donors (Lipinski definition) is 0. The normalized spacial score (nSPS) is 17.9. The number of thioether (sulfide) groups is 1. The highest BCUT2D eigenvalue weighted by Crippen LogP contribution is 2.28. The van der Waals surface area contributed by atoms with Crippen molar-refractivity contribution < 1.29 is 4.79 Å². The average molecular weight is 377 g/mol. The van der Waals surface area contributed by atoms with Crippen LogP contribution < -0.4 is 0 Å². The Hall–Kier alpha value is -2.17. The molecule has 0 aliphatic carbocycles. The molecule has 0 N–H and O–H groups in total. The summed E-state index contributed by atoms with van der Waals surface area (Å²) in [5, 5.41) is 1.17. The summed E-state index contributed by atoms with van der Waals surface area (Å²) in [6.07, 6.45) is 5.93. The van der Waals surface area contributed by atoms with E-state index < -0.39 is 0 Å². The van der Waals surface area contributed by atoms with Crippen molar-refractivity contribution in [1.29, 1.82) is 0 Å². The first-order valence-corrected chi connectivity index (χ1v) is 10.7. The number of nitrogens with zero attached hydrogens (tertiary/aromatic N) is 2. The molecule has 1 aliphatic heterocycles. The fourth-order valence-corrected chi connectivity index (χ4v) is 4.62. The molecular formula is C23H24N2OS. The summed E-state index contributed by atoms with van der Waals surface area (Å²) in [5.41, 5.74) is 3.19. The molecule has 2 heterocycles. The zero-order chi connectivity index (χ0) is 18.6. The first kappa shape index (κ1) is 18.2. The van der Waals surface area contributed by atoms with Crippen molar-refractivity contribution in [3.05, 3.63) is 71.9 Å². The molecule has 1 aliphatic rings. The molecule has 2 aromatic carbocycles. The van der Waals surface area contributed by atoms with E-state index in [1.54, 1.807) is 11.8 Å². The summed E-state index contributed by atoms with van der Waals surface area (Å²) in [4.78, 5) is 21.2. The summed E-state index contributed by atoms with van der Waals surface area (Å²) in [6.45, 7) is 2.71. The summed E-state index contributed by atoms with van der Waals surface area (Å²) in [7, 11) is 0. The van der Waals surface area contributed by atoms with Gasteiger partial charge in [-0.2, -0.15) is 0 Å². The first-order chi connectivity index (χ1) is 13.3. The number of hydrogen-bond acceptors (Lipinski definition) is 4. The predicted octanol–water partition coefficient (Wildman–Crippen LogP) is 5.05. The monoisotopic (exact) mass is 376 g/mol. The minimum Gasteiger partial charge on any atom is -0.298 e. The van der Waals surface area contributed by atoms with Gasteiger partial charge in [0.25, 0.3) is 0 Å². The number of para-hydroxylation sites is 1. The van der Waals surface area contributed by atoms with Crippen molar-refractivity contribution in [1.82, 2.24) is 9.88 Å². The van der Waals surface area contributed by atoms with Gasteiger partial charge in [-0.3, -0.25) is 14.7 Å². The summed E-state index contributed by atoms with van der Waals surface area (Å²) in [6, 6.07) is 18.4. The van der Waals surface area contributed by atoms with Gasteiger partial charge in [-0.25, -0.2) is 0 Å². The first-order valence-electron chi connectivity index (χ1n) is 9.48. The third-order valence-electron chi connectivity index (χ3n) is 5.36. The van der Waals surface area contributed by atoms with Crippen LogP contribution in [0.1, 0.15) is 28.8 Å². The second-order valence-corrected chi connectivity index (χ2v) is 7.98. The van der Waals surface area contributed by atoms with Gasteiger partial charge in [0.1, 0.15) is 0 Å². The topological polar surface area (TPSA) is 33.2 Å². The summed E-state index contributed by atoms with van der Waals surface area (Å²) >= 11 is 1.65. The van der Waals surface area contributed by atoms with Crippen LogP contribution in [0.25, 0.3) is 10.9 Å². The Morgan fingerprint density at radius 3 is 2.89 bits per heavy atom. The second kappa shape index (κ2) is 8.24. The van der Waals surface area contributed by atoms with Crippen molar-refractivity contribution in [3.63, 3.8) is 0 Å². The standard InChI is InChI=1S/C23H24N2OS/c1-27-21-12-3-2-11-20(21)23(26)19-10-6-14-25(16-19)15-18-8-4-7-17-9-5-13-24-22(17)18/h2-5,7-9,11-13,19H,6,10,14-16H2,1H3. The lowest BCUT2D eigenvalue weighted by atomic mass is 9.89. The number of likely N-dealkylation sites (tertiary alicyclic amines) is 1. The maximum Gasteiger partial charge on any atom is 0.168 e. The van der Waals surface area contributed by atoms with Crippen LogP contribution in [0.5, 0.6) is 0 Å². The molecule has 0 amide bonds. The largest absolute Gasteiger partial charge is 0.298 e. The van der Waals surface area contributed by atoms with Crippen LogP contribution in [-0.4, -0.2) is 35.0 Å². The molecular weight excluding hydrogens is 352 g/mol. The number of carbonyl (C=O) groups is 1.